The predicted molar refractivity (Wildman–Crippen MR) is 106 cm³/mol. The van der Waals surface area contributed by atoms with Gasteiger partial charge in [0.1, 0.15) is 0 Å². The molecule has 0 spiro atoms. The van der Waals surface area contributed by atoms with Gasteiger partial charge < -0.3 is 5.32 Å². The van der Waals surface area contributed by atoms with Crippen LogP contribution in [0.2, 0.25) is 0 Å². The molecule has 0 fully saturated rings. The van der Waals surface area contributed by atoms with Crippen LogP contribution in [0.15, 0.2) is 42.5 Å². The maximum Gasteiger partial charge on any atom is 0.232 e. The maximum atomic E-state index is 12.2. The number of carbonyl (C=O) groups excluding carboxylic acids is 2. The molecule has 27 heavy (non-hydrogen) atoms. The standard InChI is InChI=1S/C20H22N2O4S/c1-14-3-5-16(6-4-14)19(23)9-10-20(24)21-17-8-7-15-11-12-22(18(15)13-17)27(2,25)26/h3-8,13H,9-12H2,1-2H3,(H,21,24). The van der Waals surface area contributed by atoms with E-state index in [1.807, 2.05) is 25.1 Å². The summed E-state index contributed by atoms with van der Waals surface area (Å²) >= 11 is 0. The van der Waals surface area contributed by atoms with Crippen molar-refractivity contribution in [1.82, 2.24) is 0 Å². The van der Waals surface area contributed by atoms with E-state index in [4.69, 9.17) is 0 Å². The summed E-state index contributed by atoms with van der Waals surface area (Å²) in [6.45, 7) is 2.36. The lowest BCUT2D eigenvalue weighted by Gasteiger charge is -2.17. The molecule has 2 aromatic carbocycles. The minimum absolute atomic E-state index is 0.0690. The number of fused-ring (bicyclic) bond motifs is 1. The smallest absolute Gasteiger partial charge is 0.232 e. The molecule has 0 unspecified atom stereocenters. The molecule has 1 amide bonds. The Morgan fingerprint density at radius 2 is 1.78 bits per heavy atom. The van der Waals surface area contributed by atoms with Crippen LogP contribution in [0.25, 0.3) is 0 Å². The van der Waals surface area contributed by atoms with Gasteiger partial charge in [-0.3, -0.25) is 13.9 Å². The molecule has 142 valence electrons. The number of anilines is 2. The molecular weight excluding hydrogens is 364 g/mol. The van der Waals surface area contributed by atoms with E-state index in [1.54, 1.807) is 24.3 Å². The van der Waals surface area contributed by atoms with Crippen LogP contribution in [0.4, 0.5) is 11.4 Å². The quantitative estimate of drug-likeness (QED) is 0.774. The van der Waals surface area contributed by atoms with E-state index in [-0.39, 0.29) is 24.5 Å². The van der Waals surface area contributed by atoms with Crippen LogP contribution < -0.4 is 9.62 Å². The molecule has 2 aromatic rings. The second-order valence-electron chi connectivity index (χ2n) is 6.77. The number of hydrogen-bond acceptors (Lipinski definition) is 4. The SMILES string of the molecule is Cc1ccc(C(=O)CCC(=O)Nc2ccc3c(c2)N(S(C)(=O)=O)CC3)cc1. The van der Waals surface area contributed by atoms with Gasteiger partial charge in [0.15, 0.2) is 5.78 Å². The lowest BCUT2D eigenvalue weighted by Crippen LogP contribution is -2.27. The molecule has 0 aromatic heterocycles. The summed E-state index contributed by atoms with van der Waals surface area (Å²) in [4.78, 5) is 24.4. The number of benzene rings is 2. The Balaban J connectivity index is 1.62. The van der Waals surface area contributed by atoms with Crippen LogP contribution in [-0.4, -0.2) is 32.9 Å². The summed E-state index contributed by atoms with van der Waals surface area (Å²) in [7, 11) is -3.34. The first-order valence-corrected chi connectivity index (χ1v) is 10.6. The number of aryl methyl sites for hydroxylation is 1. The third-order valence-electron chi connectivity index (χ3n) is 4.57. The number of carbonyl (C=O) groups is 2. The van der Waals surface area contributed by atoms with Crippen molar-refractivity contribution in [2.24, 2.45) is 0 Å². The number of sulfonamides is 1. The van der Waals surface area contributed by atoms with E-state index in [2.05, 4.69) is 5.32 Å². The Kier molecular flexibility index (Phi) is 5.32. The van der Waals surface area contributed by atoms with Crippen molar-refractivity contribution < 1.29 is 18.0 Å². The van der Waals surface area contributed by atoms with E-state index >= 15 is 0 Å². The number of nitrogens with one attached hydrogen (secondary N) is 1. The first-order valence-electron chi connectivity index (χ1n) is 8.74. The van der Waals surface area contributed by atoms with E-state index in [0.717, 1.165) is 11.1 Å². The minimum atomic E-state index is -3.34. The molecule has 0 atom stereocenters. The van der Waals surface area contributed by atoms with Crippen molar-refractivity contribution in [2.45, 2.75) is 26.2 Å². The Morgan fingerprint density at radius 3 is 2.44 bits per heavy atom. The molecular formula is C20H22N2O4S. The Hall–Kier alpha value is -2.67. The van der Waals surface area contributed by atoms with Gasteiger partial charge in [-0.15, -0.1) is 0 Å². The van der Waals surface area contributed by atoms with Crippen LogP contribution in [0, 0.1) is 6.92 Å². The van der Waals surface area contributed by atoms with Gasteiger partial charge in [0.2, 0.25) is 15.9 Å². The average Bonchev–Trinajstić information content (AvgIpc) is 3.04. The van der Waals surface area contributed by atoms with Gasteiger partial charge in [-0.2, -0.15) is 0 Å². The zero-order chi connectivity index (χ0) is 19.6. The fourth-order valence-electron chi connectivity index (χ4n) is 3.11. The molecule has 0 radical (unpaired) electrons. The fraction of sp³-hybridized carbons (Fsp3) is 0.300. The third kappa shape index (κ3) is 4.54. The van der Waals surface area contributed by atoms with Crippen molar-refractivity contribution in [1.29, 1.82) is 0 Å². The van der Waals surface area contributed by atoms with E-state index in [1.165, 1.54) is 10.6 Å². The van der Waals surface area contributed by atoms with Gasteiger partial charge in [0, 0.05) is 30.6 Å². The Labute approximate surface area is 159 Å². The first-order chi connectivity index (χ1) is 12.7. The monoisotopic (exact) mass is 386 g/mol. The van der Waals surface area contributed by atoms with E-state index in [9.17, 15) is 18.0 Å². The van der Waals surface area contributed by atoms with Crippen molar-refractivity contribution >= 4 is 33.1 Å². The Bertz CT molecular complexity index is 982. The normalized spacial score (nSPS) is 13.3. The molecule has 1 aliphatic heterocycles. The molecule has 0 aliphatic carbocycles. The highest BCUT2D eigenvalue weighted by Crippen LogP contribution is 2.32. The zero-order valence-electron chi connectivity index (χ0n) is 15.4. The van der Waals surface area contributed by atoms with Crippen molar-refractivity contribution in [3.63, 3.8) is 0 Å². The van der Waals surface area contributed by atoms with Crippen molar-refractivity contribution in [3.05, 3.63) is 59.2 Å². The molecule has 3 rings (SSSR count). The van der Waals surface area contributed by atoms with Gasteiger partial charge in [0.25, 0.3) is 0 Å². The summed E-state index contributed by atoms with van der Waals surface area (Å²) < 4.78 is 25.1. The van der Waals surface area contributed by atoms with Crippen molar-refractivity contribution in [3.8, 4) is 0 Å². The first kappa shape index (κ1) is 19.1. The van der Waals surface area contributed by atoms with Gasteiger partial charge in [-0.1, -0.05) is 35.9 Å². The molecule has 1 N–H and O–H groups in total. The summed E-state index contributed by atoms with van der Waals surface area (Å²) in [5, 5.41) is 2.75. The number of nitrogens with zero attached hydrogens (tertiary/aromatic N) is 1. The van der Waals surface area contributed by atoms with Gasteiger partial charge in [-0.05, 0) is 31.0 Å². The summed E-state index contributed by atoms with van der Waals surface area (Å²) in [5.41, 5.74) is 3.73. The molecule has 6 nitrogen and oxygen atoms in total. The number of ketones is 1. The molecule has 0 bridgehead atoms. The van der Waals surface area contributed by atoms with Crippen molar-refractivity contribution in [2.75, 3.05) is 22.4 Å². The number of hydrogen-bond donors (Lipinski definition) is 1. The summed E-state index contributed by atoms with van der Waals surface area (Å²) in [6, 6.07) is 12.5. The predicted octanol–water partition coefficient (Wildman–Crippen LogP) is 2.92. The molecule has 0 saturated heterocycles. The van der Waals surface area contributed by atoms with Crippen LogP contribution >= 0.6 is 0 Å². The highest BCUT2D eigenvalue weighted by molar-refractivity contribution is 7.92. The molecule has 7 heteroatoms. The Morgan fingerprint density at radius 1 is 1.07 bits per heavy atom. The number of Topliss-reactive ketones (excluding diaryl/α,β-unsaturated/α-hetero) is 1. The van der Waals surface area contributed by atoms with Gasteiger partial charge in [0.05, 0.1) is 11.9 Å². The highest BCUT2D eigenvalue weighted by atomic mass is 32.2. The van der Waals surface area contributed by atoms with Crippen LogP contribution in [0.3, 0.4) is 0 Å². The van der Waals surface area contributed by atoms with Crippen LogP contribution in [0.5, 0.6) is 0 Å². The topological polar surface area (TPSA) is 83.6 Å². The van der Waals surface area contributed by atoms with E-state index < -0.39 is 10.0 Å². The minimum Gasteiger partial charge on any atom is -0.326 e. The summed E-state index contributed by atoms with van der Waals surface area (Å²) in [6.07, 6.45) is 2.01. The zero-order valence-corrected chi connectivity index (χ0v) is 16.2. The summed E-state index contributed by atoms with van der Waals surface area (Å²) in [5.74, 6) is -0.360. The third-order valence-corrected chi connectivity index (χ3v) is 5.75. The maximum absolute atomic E-state index is 12.2. The van der Waals surface area contributed by atoms with Crippen LogP contribution in [0.1, 0.15) is 34.3 Å². The lowest BCUT2D eigenvalue weighted by molar-refractivity contribution is -0.116. The van der Waals surface area contributed by atoms with E-state index in [0.29, 0.717) is 29.9 Å². The molecule has 0 saturated carbocycles. The van der Waals surface area contributed by atoms with Crippen LogP contribution in [-0.2, 0) is 21.2 Å². The number of rotatable bonds is 6. The second-order valence-corrected chi connectivity index (χ2v) is 8.67. The second kappa shape index (κ2) is 7.52. The average molecular weight is 386 g/mol. The highest BCUT2D eigenvalue weighted by Gasteiger charge is 2.26. The largest absolute Gasteiger partial charge is 0.326 e. The van der Waals surface area contributed by atoms with Gasteiger partial charge >= 0.3 is 0 Å². The molecule has 1 heterocycles. The molecule has 1 aliphatic rings. The number of amides is 1. The van der Waals surface area contributed by atoms with Gasteiger partial charge in [-0.25, -0.2) is 8.42 Å². The lowest BCUT2D eigenvalue weighted by atomic mass is 10.0. The fourth-order valence-corrected chi connectivity index (χ4v) is 4.06.